The van der Waals surface area contributed by atoms with Gasteiger partial charge in [0, 0.05) is 12.1 Å². The van der Waals surface area contributed by atoms with Crippen molar-refractivity contribution in [2.45, 2.75) is 37.1 Å². The zero-order valence-electron chi connectivity index (χ0n) is 18.9. The van der Waals surface area contributed by atoms with Crippen molar-refractivity contribution in [1.29, 1.82) is 0 Å². The van der Waals surface area contributed by atoms with Crippen LogP contribution in [0.2, 0.25) is 0 Å². The number of aliphatic hydroxyl groups is 3. The Bertz CT molecular complexity index is 1360. The standard InChI is InChI=1S/C24H22O13/c25-11-3-1-10(2-4-11)13-8-34-15-6-12(5-14(26)19(15)20(13)30)36-24-23(33)22(32)21(31)16(37-24)9-35-18(29)7-17(27)28/h1-6,8,16,21-26,31-33H,7,9H2,(H,27,28)/t16?,21-,22-,23?,24-/m1/s1. The fourth-order valence-corrected chi connectivity index (χ4v) is 3.75. The number of esters is 1. The van der Waals surface area contributed by atoms with Crippen LogP contribution in [0, 0.1) is 0 Å². The SMILES string of the molecule is O=C(O)CC(=O)OCC1O[C@@H](Oc2cc(O)c3c(=O)c(-c4ccc(O)cc4)coc3c2)C(O)[C@H](O)[C@@H]1O. The molecule has 0 spiro atoms. The predicted octanol–water partition coefficient (Wildman–Crippen LogP) is 0.0755. The molecule has 1 aliphatic heterocycles. The molecular weight excluding hydrogens is 496 g/mol. The highest BCUT2D eigenvalue weighted by molar-refractivity contribution is 5.90. The average molecular weight is 518 g/mol. The monoisotopic (exact) mass is 518 g/mol. The van der Waals surface area contributed by atoms with E-state index in [-0.39, 0.29) is 28.0 Å². The molecule has 2 unspecified atom stereocenters. The number of fused-ring (bicyclic) bond motifs is 1. The van der Waals surface area contributed by atoms with E-state index in [0.717, 1.165) is 12.3 Å². The normalized spacial score (nSPS) is 23.5. The first-order valence-corrected chi connectivity index (χ1v) is 10.9. The minimum atomic E-state index is -1.79. The van der Waals surface area contributed by atoms with E-state index < -0.39 is 66.9 Å². The molecular formula is C24H22O13. The number of hydrogen-bond acceptors (Lipinski definition) is 12. The molecule has 4 rings (SSSR count). The summed E-state index contributed by atoms with van der Waals surface area (Å²) in [7, 11) is 0. The van der Waals surface area contributed by atoms with Crippen LogP contribution in [-0.4, -0.2) is 79.9 Å². The number of phenols is 2. The van der Waals surface area contributed by atoms with E-state index in [1.54, 1.807) is 0 Å². The Labute approximate surface area is 207 Å². The predicted molar refractivity (Wildman–Crippen MR) is 122 cm³/mol. The number of hydrogen-bond donors (Lipinski definition) is 6. The smallest absolute Gasteiger partial charge is 0.317 e. The van der Waals surface area contributed by atoms with Crippen molar-refractivity contribution in [1.82, 2.24) is 0 Å². The summed E-state index contributed by atoms with van der Waals surface area (Å²) >= 11 is 0. The summed E-state index contributed by atoms with van der Waals surface area (Å²) in [5, 5.41) is 59.0. The van der Waals surface area contributed by atoms with Gasteiger partial charge >= 0.3 is 11.9 Å². The number of aliphatic carboxylic acids is 1. The molecule has 2 heterocycles. The van der Waals surface area contributed by atoms with Crippen molar-refractivity contribution in [3.05, 3.63) is 52.9 Å². The highest BCUT2D eigenvalue weighted by Gasteiger charge is 2.45. The summed E-state index contributed by atoms with van der Waals surface area (Å²) in [6, 6.07) is 8.05. The molecule has 1 fully saturated rings. The van der Waals surface area contributed by atoms with Gasteiger partial charge in [0.1, 0.15) is 71.9 Å². The first kappa shape index (κ1) is 25.9. The molecule has 1 saturated heterocycles. The lowest BCUT2D eigenvalue weighted by Gasteiger charge is -2.39. The molecule has 0 bridgehead atoms. The van der Waals surface area contributed by atoms with Crippen molar-refractivity contribution >= 4 is 22.9 Å². The van der Waals surface area contributed by atoms with Crippen LogP contribution in [0.1, 0.15) is 6.42 Å². The van der Waals surface area contributed by atoms with E-state index >= 15 is 0 Å². The van der Waals surface area contributed by atoms with Crippen molar-refractivity contribution in [2.75, 3.05) is 6.61 Å². The second-order valence-corrected chi connectivity index (χ2v) is 8.23. The van der Waals surface area contributed by atoms with Gasteiger partial charge in [0.2, 0.25) is 11.7 Å². The summed E-state index contributed by atoms with van der Waals surface area (Å²) < 4.78 is 21.2. The molecule has 1 aliphatic rings. The van der Waals surface area contributed by atoms with E-state index in [1.807, 2.05) is 0 Å². The maximum absolute atomic E-state index is 13.0. The van der Waals surface area contributed by atoms with Crippen molar-refractivity contribution in [3.63, 3.8) is 0 Å². The average Bonchev–Trinajstić information content (AvgIpc) is 2.84. The number of carboxylic acids is 1. The lowest BCUT2D eigenvalue weighted by molar-refractivity contribution is -0.278. The van der Waals surface area contributed by atoms with Crippen LogP contribution < -0.4 is 10.2 Å². The number of phenolic OH excluding ortho intramolecular Hbond substituents is 2. The lowest BCUT2D eigenvalue weighted by Crippen LogP contribution is -2.60. The van der Waals surface area contributed by atoms with E-state index in [2.05, 4.69) is 0 Å². The second kappa shape index (κ2) is 10.4. The van der Waals surface area contributed by atoms with E-state index in [0.29, 0.717) is 5.56 Å². The van der Waals surface area contributed by atoms with Gasteiger partial charge in [0.25, 0.3) is 0 Å². The number of aromatic hydroxyl groups is 2. The Kier molecular flexibility index (Phi) is 7.31. The molecule has 5 atom stereocenters. The van der Waals surface area contributed by atoms with Gasteiger partial charge in [-0.05, 0) is 17.7 Å². The minimum absolute atomic E-state index is 0.00369. The Morgan fingerprint density at radius 1 is 0.973 bits per heavy atom. The molecule has 0 radical (unpaired) electrons. The van der Waals surface area contributed by atoms with Crippen LogP contribution in [0.15, 0.2) is 51.9 Å². The molecule has 196 valence electrons. The first-order valence-electron chi connectivity index (χ1n) is 10.9. The third-order valence-electron chi connectivity index (χ3n) is 5.63. The molecule has 6 N–H and O–H groups in total. The van der Waals surface area contributed by atoms with Gasteiger partial charge in [0.05, 0.1) is 5.56 Å². The summed E-state index contributed by atoms with van der Waals surface area (Å²) in [6.07, 6.45) is -8.04. The molecule has 13 nitrogen and oxygen atoms in total. The van der Waals surface area contributed by atoms with Crippen molar-refractivity contribution in [3.8, 4) is 28.4 Å². The molecule has 3 aromatic rings. The Hall–Kier alpha value is -4.17. The number of benzene rings is 2. The summed E-state index contributed by atoms with van der Waals surface area (Å²) in [4.78, 5) is 35.0. The summed E-state index contributed by atoms with van der Waals surface area (Å²) in [5.74, 6) is -3.19. The zero-order chi connectivity index (χ0) is 26.9. The van der Waals surface area contributed by atoms with Gasteiger partial charge in [-0.15, -0.1) is 0 Å². The van der Waals surface area contributed by atoms with Crippen LogP contribution in [0.3, 0.4) is 0 Å². The number of aliphatic hydroxyl groups excluding tert-OH is 3. The zero-order valence-corrected chi connectivity index (χ0v) is 18.9. The molecule has 0 aliphatic carbocycles. The highest BCUT2D eigenvalue weighted by Crippen LogP contribution is 2.33. The highest BCUT2D eigenvalue weighted by atomic mass is 16.7. The third-order valence-corrected chi connectivity index (χ3v) is 5.63. The van der Waals surface area contributed by atoms with Gasteiger partial charge in [-0.2, -0.15) is 0 Å². The fraction of sp³-hybridized carbons (Fsp3) is 0.292. The first-order chi connectivity index (χ1) is 17.5. The summed E-state index contributed by atoms with van der Waals surface area (Å²) in [6.45, 7) is -0.644. The number of carbonyl (C=O) groups is 2. The third kappa shape index (κ3) is 5.49. The van der Waals surface area contributed by atoms with E-state index in [1.165, 1.54) is 30.3 Å². The van der Waals surface area contributed by atoms with Crippen LogP contribution in [0.4, 0.5) is 0 Å². The van der Waals surface area contributed by atoms with Crippen molar-refractivity contribution < 1.29 is 58.9 Å². The van der Waals surface area contributed by atoms with Gasteiger partial charge in [-0.1, -0.05) is 12.1 Å². The molecule has 1 aromatic heterocycles. The topological polar surface area (TPSA) is 213 Å². The molecule has 13 heteroatoms. The number of carbonyl (C=O) groups excluding carboxylic acids is 1. The lowest BCUT2D eigenvalue weighted by atomic mass is 9.99. The van der Waals surface area contributed by atoms with Gasteiger partial charge in [-0.3, -0.25) is 14.4 Å². The van der Waals surface area contributed by atoms with Crippen LogP contribution in [-0.2, 0) is 19.1 Å². The quantitative estimate of drug-likeness (QED) is 0.181. The fourth-order valence-electron chi connectivity index (χ4n) is 3.75. The van der Waals surface area contributed by atoms with Crippen molar-refractivity contribution in [2.24, 2.45) is 0 Å². The van der Waals surface area contributed by atoms with Gasteiger partial charge in [-0.25, -0.2) is 0 Å². The Balaban J connectivity index is 1.56. The molecule has 0 amide bonds. The molecule has 37 heavy (non-hydrogen) atoms. The molecule has 2 aromatic carbocycles. The van der Waals surface area contributed by atoms with Gasteiger partial charge in [0.15, 0.2) is 0 Å². The Morgan fingerprint density at radius 3 is 2.35 bits per heavy atom. The summed E-state index contributed by atoms with van der Waals surface area (Å²) in [5.41, 5.74) is -0.0752. The number of rotatable bonds is 7. The van der Waals surface area contributed by atoms with E-state index in [4.69, 9.17) is 23.7 Å². The van der Waals surface area contributed by atoms with Crippen LogP contribution in [0.5, 0.6) is 17.2 Å². The van der Waals surface area contributed by atoms with Gasteiger partial charge < -0.3 is 49.3 Å². The second-order valence-electron chi connectivity index (χ2n) is 8.23. The van der Waals surface area contributed by atoms with Crippen LogP contribution in [0.25, 0.3) is 22.1 Å². The minimum Gasteiger partial charge on any atom is -0.508 e. The largest absolute Gasteiger partial charge is 0.508 e. The maximum Gasteiger partial charge on any atom is 0.317 e. The Morgan fingerprint density at radius 2 is 1.68 bits per heavy atom. The molecule has 0 saturated carbocycles. The van der Waals surface area contributed by atoms with Crippen LogP contribution >= 0.6 is 0 Å². The van der Waals surface area contributed by atoms with E-state index in [9.17, 15) is 39.9 Å². The number of ether oxygens (including phenoxy) is 3. The number of carboxylic acid groups (broad SMARTS) is 1. The maximum atomic E-state index is 13.0.